The molecule has 0 bridgehead atoms. The van der Waals surface area contributed by atoms with Gasteiger partial charge in [-0.15, -0.1) is 10.2 Å². The normalized spacial score (nSPS) is 10.2. The van der Waals surface area contributed by atoms with Gasteiger partial charge in [0.1, 0.15) is 5.82 Å². The van der Waals surface area contributed by atoms with E-state index in [4.69, 9.17) is 0 Å². The number of hydrogen-bond acceptors (Lipinski definition) is 5. The van der Waals surface area contributed by atoms with Crippen LogP contribution in [-0.2, 0) is 6.54 Å². The number of rotatable bonds is 6. The van der Waals surface area contributed by atoms with Crippen LogP contribution in [0.1, 0.15) is 30.0 Å². The molecule has 0 aliphatic carbocycles. The first-order valence-corrected chi connectivity index (χ1v) is 7.01. The summed E-state index contributed by atoms with van der Waals surface area (Å²) in [6, 6.07) is 9.11. The van der Waals surface area contributed by atoms with Crippen molar-refractivity contribution in [2.75, 3.05) is 18.4 Å². The highest BCUT2D eigenvalue weighted by atomic mass is 16.2. The predicted molar refractivity (Wildman–Crippen MR) is 80.8 cm³/mol. The van der Waals surface area contributed by atoms with Crippen molar-refractivity contribution >= 4 is 11.7 Å². The summed E-state index contributed by atoms with van der Waals surface area (Å²) in [5, 5.41) is 11.0. The monoisotopic (exact) mass is 285 g/mol. The lowest BCUT2D eigenvalue weighted by Gasteiger charge is -2.19. The number of nitrogens with zero attached hydrogens (tertiary/aromatic N) is 4. The molecule has 2 aromatic rings. The lowest BCUT2D eigenvalue weighted by atomic mass is 10.3. The molecule has 2 aromatic heterocycles. The summed E-state index contributed by atoms with van der Waals surface area (Å²) in [6.45, 7) is 5.73. The number of aromatic nitrogens is 3. The summed E-state index contributed by atoms with van der Waals surface area (Å²) in [6.07, 6.45) is 1.72. The Bertz CT molecular complexity index is 570. The number of pyridine rings is 1. The van der Waals surface area contributed by atoms with Crippen molar-refractivity contribution < 1.29 is 4.79 Å². The second kappa shape index (κ2) is 7.33. The molecule has 1 amide bonds. The Morgan fingerprint density at radius 3 is 2.62 bits per heavy atom. The zero-order chi connectivity index (χ0) is 15.1. The van der Waals surface area contributed by atoms with Crippen LogP contribution in [0.2, 0.25) is 0 Å². The van der Waals surface area contributed by atoms with E-state index in [2.05, 4.69) is 20.5 Å². The number of carbonyl (C=O) groups is 1. The Morgan fingerprint density at radius 2 is 2.05 bits per heavy atom. The molecule has 0 fully saturated rings. The molecule has 0 aliphatic rings. The Hall–Kier alpha value is -2.50. The third-order valence-corrected chi connectivity index (χ3v) is 2.99. The van der Waals surface area contributed by atoms with E-state index in [9.17, 15) is 4.79 Å². The van der Waals surface area contributed by atoms with Gasteiger partial charge in [0, 0.05) is 19.3 Å². The first kappa shape index (κ1) is 14.9. The van der Waals surface area contributed by atoms with Crippen molar-refractivity contribution in [2.24, 2.45) is 0 Å². The highest BCUT2D eigenvalue weighted by molar-refractivity contribution is 5.92. The SMILES string of the molecule is CCNc1ccc(C(=O)N(CC)Cc2ccccn2)nn1. The van der Waals surface area contributed by atoms with Gasteiger partial charge in [-0.05, 0) is 38.1 Å². The van der Waals surface area contributed by atoms with Crippen LogP contribution in [0.25, 0.3) is 0 Å². The molecule has 0 saturated heterocycles. The van der Waals surface area contributed by atoms with E-state index in [-0.39, 0.29) is 5.91 Å². The molecule has 2 heterocycles. The topological polar surface area (TPSA) is 71.0 Å². The fourth-order valence-electron chi connectivity index (χ4n) is 1.90. The van der Waals surface area contributed by atoms with E-state index < -0.39 is 0 Å². The lowest BCUT2D eigenvalue weighted by Crippen LogP contribution is -2.31. The van der Waals surface area contributed by atoms with Crippen molar-refractivity contribution in [2.45, 2.75) is 20.4 Å². The quantitative estimate of drug-likeness (QED) is 0.878. The standard InChI is InChI=1S/C15H19N5O/c1-3-16-14-9-8-13(18-19-14)15(21)20(4-2)11-12-7-5-6-10-17-12/h5-10H,3-4,11H2,1-2H3,(H,16,19). The lowest BCUT2D eigenvalue weighted by molar-refractivity contribution is 0.0743. The fourth-order valence-corrected chi connectivity index (χ4v) is 1.90. The Kier molecular flexibility index (Phi) is 5.20. The van der Waals surface area contributed by atoms with Crippen LogP contribution in [-0.4, -0.2) is 39.1 Å². The third-order valence-electron chi connectivity index (χ3n) is 2.99. The molecule has 0 spiro atoms. The number of anilines is 1. The van der Waals surface area contributed by atoms with Crippen molar-refractivity contribution in [1.82, 2.24) is 20.1 Å². The van der Waals surface area contributed by atoms with Crippen LogP contribution in [0.3, 0.4) is 0 Å². The van der Waals surface area contributed by atoms with Crippen LogP contribution in [0.5, 0.6) is 0 Å². The number of carbonyl (C=O) groups excluding carboxylic acids is 1. The average Bonchev–Trinajstić information content (AvgIpc) is 2.54. The van der Waals surface area contributed by atoms with Gasteiger partial charge in [-0.25, -0.2) is 0 Å². The van der Waals surface area contributed by atoms with Crippen LogP contribution in [0, 0.1) is 0 Å². The van der Waals surface area contributed by atoms with Crippen LogP contribution >= 0.6 is 0 Å². The summed E-state index contributed by atoms with van der Waals surface area (Å²) in [5.74, 6) is 0.528. The molecule has 1 N–H and O–H groups in total. The minimum atomic E-state index is -0.140. The highest BCUT2D eigenvalue weighted by Crippen LogP contribution is 2.08. The smallest absolute Gasteiger partial charge is 0.274 e. The van der Waals surface area contributed by atoms with Crippen LogP contribution in [0.15, 0.2) is 36.5 Å². The van der Waals surface area contributed by atoms with Crippen LogP contribution in [0.4, 0.5) is 5.82 Å². The minimum Gasteiger partial charge on any atom is -0.369 e. The van der Waals surface area contributed by atoms with Gasteiger partial charge in [0.25, 0.3) is 5.91 Å². The largest absolute Gasteiger partial charge is 0.369 e. The summed E-state index contributed by atoms with van der Waals surface area (Å²) in [5.41, 5.74) is 1.19. The van der Waals surface area contributed by atoms with Crippen LogP contribution < -0.4 is 5.32 Å². The van der Waals surface area contributed by atoms with Gasteiger partial charge in [0.2, 0.25) is 0 Å². The van der Waals surface area contributed by atoms with Gasteiger partial charge in [-0.2, -0.15) is 0 Å². The number of amides is 1. The minimum absolute atomic E-state index is 0.140. The van der Waals surface area contributed by atoms with Gasteiger partial charge in [-0.1, -0.05) is 6.07 Å². The van der Waals surface area contributed by atoms with Gasteiger partial charge in [0.05, 0.1) is 12.2 Å². The summed E-state index contributed by atoms with van der Waals surface area (Å²) in [7, 11) is 0. The maximum absolute atomic E-state index is 12.4. The highest BCUT2D eigenvalue weighted by Gasteiger charge is 2.16. The van der Waals surface area contributed by atoms with Crippen molar-refractivity contribution in [1.29, 1.82) is 0 Å². The molecular weight excluding hydrogens is 266 g/mol. The zero-order valence-corrected chi connectivity index (χ0v) is 12.3. The summed E-state index contributed by atoms with van der Waals surface area (Å²) >= 11 is 0. The second-order valence-electron chi connectivity index (χ2n) is 4.47. The number of hydrogen-bond donors (Lipinski definition) is 1. The molecule has 0 saturated carbocycles. The summed E-state index contributed by atoms with van der Waals surface area (Å²) in [4.78, 5) is 18.4. The molecule has 21 heavy (non-hydrogen) atoms. The summed E-state index contributed by atoms with van der Waals surface area (Å²) < 4.78 is 0. The van der Waals surface area contributed by atoms with E-state index in [0.29, 0.717) is 24.6 Å². The molecule has 6 heteroatoms. The van der Waals surface area contributed by atoms with Gasteiger partial charge in [-0.3, -0.25) is 9.78 Å². The third kappa shape index (κ3) is 3.98. The van der Waals surface area contributed by atoms with E-state index >= 15 is 0 Å². The molecule has 110 valence electrons. The maximum atomic E-state index is 12.4. The molecular formula is C15H19N5O. The van der Waals surface area contributed by atoms with E-state index in [1.165, 1.54) is 0 Å². The maximum Gasteiger partial charge on any atom is 0.274 e. The molecule has 0 unspecified atom stereocenters. The molecule has 0 aromatic carbocycles. The Morgan fingerprint density at radius 1 is 1.19 bits per heavy atom. The molecule has 0 radical (unpaired) electrons. The second-order valence-corrected chi connectivity index (χ2v) is 4.47. The molecule has 2 rings (SSSR count). The molecule has 0 aliphatic heterocycles. The zero-order valence-electron chi connectivity index (χ0n) is 12.3. The molecule has 0 atom stereocenters. The average molecular weight is 285 g/mol. The van der Waals surface area contributed by atoms with Gasteiger partial charge >= 0.3 is 0 Å². The van der Waals surface area contributed by atoms with E-state index in [1.807, 2.05) is 32.0 Å². The molecule has 6 nitrogen and oxygen atoms in total. The van der Waals surface area contributed by atoms with Gasteiger partial charge in [0.15, 0.2) is 5.69 Å². The van der Waals surface area contributed by atoms with E-state index in [1.54, 1.807) is 23.2 Å². The fraction of sp³-hybridized carbons (Fsp3) is 0.333. The van der Waals surface area contributed by atoms with Crippen molar-refractivity contribution in [3.05, 3.63) is 47.9 Å². The van der Waals surface area contributed by atoms with Gasteiger partial charge < -0.3 is 10.2 Å². The van der Waals surface area contributed by atoms with Crippen molar-refractivity contribution in [3.8, 4) is 0 Å². The number of nitrogens with one attached hydrogen (secondary N) is 1. The first-order chi connectivity index (χ1) is 10.2. The Balaban J connectivity index is 2.08. The predicted octanol–water partition coefficient (Wildman–Crippen LogP) is 1.97. The van der Waals surface area contributed by atoms with E-state index in [0.717, 1.165) is 12.2 Å². The first-order valence-electron chi connectivity index (χ1n) is 7.01. The van der Waals surface area contributed by atoms with Crippen molar-refractivity contribution in [3.63, 3.8) is 0 Å². The Labute approximate surface area is 124 Å².